The average Bonchev–Trinajstić information content (AvgIpc) is 3.23. The summed E-state index contributed by atoms with van der Waals surface area (Å²) in [6, 6.07) is 23.5. The number of para-hydroxylation sites is 1. The van der Waals surface area contributed by atoms with Crippen molar-refractivity contribution in [3.8, 4) is 5.82 Å². The number of nitrogens with zero attached hydrogens (tertiary/aromatic N) is 7. The zero-order valence-electron chi connectivity index (χ0n) is 16.0. The molecule has 0 atom stereocenters. The molecule has 0 aliphatic rings. The second-order valence-electron chi connectivity index (χ2n) is 6.68. The minimum Gasteiger partial charge on any atom is -0.393 e. The minimum atomic E-state index is 0.398. The van der Waals surface area contributed by atoms with Crippen LogP contribution in [0.3, 0.4) is 0 Å². The number of fused-ring (bicyclic) bond motifs is 1. The van der Waals surface area contributed by atoms with Gasteiger partial charge in [-0.3, -0.25) is 0 Å². The third kappa shape index (κ3) is 3.20. The lowest BCUT2D eigenvalue weighted by atomic mass is 10.2. The minimum absolute atomic E-state index is 0.398. The molecule has 0 fully saturated rings. The molecule has 0 aliphatic carbocycles. The Morgan fingerprint density at radius 3 is 2.47 bits per heavy atom. The van der Waals surface area contributed by atoms with Crippen molar-refractivity contribution >= 4 is 28.4 Å². The molecule has 0 saturated heterocycles. The number of aromatic nitrogens is 6. The molecule has 0 radical (unpaired) electrons. The van der Waals surface area contributed by atoms with Crippen molar-refractivity contribution in [3.05, 3.63) is 90.9 Å². The van der Waals surface area contributed by atoms with Gasteiger partial charge >= 0.3 is 0 Å². The lowest BCUT2D eigenvalue weighted by Crippen LogP contribution is -2.21. The number of hydrogen-bond donors (Lipinski definition) is 1. The average molecular weight is 394 g/mol. The van der Waals surface area contributed by atoms with E-state index in [1.54, 1.807) is 10.9 Å². The Balaban J connectivity index is 1.64. The maximum Gasteiger partial charge on any atom is 0.184 e. The van der Waals surface area contributed by atoms with Gasteiger partial charge in [-0.1, -0.05) is 53.7 Å². The van der Waals surface area contributed by atoms with Gasteiger partial charge in [0.2, 0.25) is 0 Å². The van der Waals surface area contributed by atoms with Gasteiger partial charge in [-0.2, -0.15) is 4.68 Å². The van der Waals surface area contributed by atoms with E-state index in [0.29, 0.717) is 23.9 Å². The van der Waals surface area contributed by atoms with Crippen molar-refractivity contribution in [2.24, 2.45) is 0 Å². The molecule has 2 aromatic carbocycles. The number of pyridine rings is 1. The van der Waals surface area contributed by atoms with E-state index in [1.807, 2.05) is 65.6 Å². The van der Waals surface area contributed by atoms with Gasteiger partial charge in [0.1, 0.15) is 23.3 Å². The highest BCUT2D eigenvalue weighted by Gasteiger charge is 2.20. The van der Waals surface area contributed by atoms with E-state index in [0.717, 1.165) is 22.4 Å². The number of nitrogen functional groups attached to an aromatic ring is 1. The van der Waals surface area contributed by atoms with Gasteiger partial charge in [-0.15, -0.1) is 5.10 Å². The van der Waals surface area contributed by atoms with E-state index in [1.165, 1.54) is 6.33 Å². The number of anilines is 3. The van der Waals surface area contributed by atoms with Crippen LogP contribution < -0.4 is 10.6 Å². The van der Waals surface area contributed by atoms with Crippen LogP contribution in [0.5, 0.6) is 0 Å². The first-order chi connectivity index (χ1) is 14.8. The number of benzene rings is 2. The molecule has 0 unspecified atom stereocenters. The molecule has 5 aromatic rings. The van der Waals surface area contributed by atoms with Crippen LogP contribution in [0, 0.1) is 0 Å². The first-order valence-corrected chi connectivity index (χ1v) is 9.45. The van der Waals surface area contributed by atoms with Gasteiger partial charge in [0.25, 0.3) is 0 Å². The second kappa shape index (κ2) is 7.59. The van der Waals surface area contributed by atoms with Crippen molar-refractivity contribution in [1.82, 2.24) is 29.9 Å². The Morgan fingerprint density at radius 2 is 1.63 bits per heavy atom. The Bertz CT molecular complexity index is 1280. The van der Waals surface area contributed by atoms with Crippen LogP contribution in [0.15, 0.2) is 85.3 Å². The summed E-state index contributed by atoms with van der Waals surface area (Å²) in [4.78, 5) is 15.4. The Morgan fingerprint density at radius 1 is 0.833 bits per heavy atom. The van der Waals surface area contributed by atoms with E-state index in [9.17, 15) is 0 Å². The maximum absolute atomic E-state index is 6.57. The van der Waals surface area contributed by atoms with E-state index >= 15 is 0 Å². The van der Waals surface area contributed by atoms with Gasteiger partial charge in [-0.05, 0) is 29.8 Å². The highest BCUT2D eigenvalue weighted by molar-refractivity contribution is 5.80. The third-order valence-corrected chi connectivity index (χ3v) is 4.76. The number of hydrogen-bond acceptors (Lipinski definition) is 7. The van der Waals surface area contributed by atoms with Crippen molar-refractivity contribution in [3.63, 3.8) is 0 Å². The zero-order chi connectivity index (χ0) is 20.3. The Labute approximate surface area is 172 Å². The highest BCUT2D eigenvalue weighted by Crippen LogP contribution is 2.32. The topological polar surface area (TPSA) is 98.6 Å². The standard InChI is InChI=1S/C22H18N8/c23-20-21(25-15-26-22(20)30-18-11-5-4-10-17(18)27-28-30)29(19-12-6-7-13-24-19)14-16-8-2-1-3-9-16/h1-13,15H,14,23H2. The van der Waals surface area contributed by atoms with E-state index in [-0.39, 0.29) is 0 Å². The molecule has 2 N–H and O–H groups in total. The monoisotopic (exact) mass is 394 g/mol. The van der Waals surface area contributed by atoms with Crippen LogP contribution in [0.1, 0.15) is 5.56 Å². The van der Waals surface area contributed by atoms with Crippen molar-refractivity contribution in [2.45, 2.75) is 6.54 Å². The molecule has 8 heteroatoms. The fourth-order valence-corrected chi connectivity index (χ4v) is 3.33. The summed E-state index contributed by atoms with van der Waals surface area (Å²) in [5, 5.41) is 8.45. The van der Waals surface area contributed by atoms with Crippen LogP contribution in [-0.2, 0) is 6.54 Å². The van der Waals surface area contributed by atoms with Crippen molar-refractivity contribution in [2.75, 3.05) is 10.6 Å². The number of rotatable bonds is 5. The molecule has 8 nitrogen and oxygen atoms in total. The molecule has 5 rings (SSSR count). The predicted octanol–water partition coefficient (Wildman–Crippen LogP) is 3.53. The van der Waals surface area contributed by atoms with E-state index in [2.05, 4.69) is 37.4 Å². The first kappa shape index (κ1) is 17.7. The summed E-state index contributed by atoms with van der Waals surface area (Å²) in [6.07, 6.45) is 3.23. The van der Waals surface area contributed by atoms with Gasteiger partial charge in [-0.25, -0.2) is 15.0 Å². The van der Waals surface area contributed by atoms with Gasteiger partial charge in [0, 0.05) is 6.20 Å². The molecule has 0 saturated carbocycles. The van der Waals surface area contributed by atoms with E-state index < -0.39 is 0 Å². The molecule has 0 spiro atoms. The summed E-state index contributed by atoms with van der Waals surface area (Å²) >= 11 is 0. The molecule has 3 aromatic heterocycles. The lowest BCUT2D eigenvalue weighted by Gasteiger charge is -2.24. The lowest BCUT2D eigenvalue weighted by molar-refractivity contribution is 0.796. The molecular weight excluding hydrogens is 376 g/mol. The van der Waals surface area contributed by atoms with Crippen LogP contribution >= 0.6 is 0 Å². The summed E-state index contributed by atoms with van der Waals surface area (Å²) in [6.45, 7) is 0.552. The number of nitrogens with two attached hydrogens (primary N) is 1. The molecule has 0 aliphatic heterocycles. The smallest absolute Gasteiger partial charge is 0.184 e. The maximum atomic E-state index is 6.57. The summed E-state index contributed by atoms with van der Waals surface area (Å²) in [5.41, 5.74) is 9.67. The highest BCUT2D eigenvalue weighted by atomic mass is 15.4. The quantitative estimate of drug-likeness (QED) is 0.487. The van der Waals surface area contributed by atoms with E-state index in [4.69, 9.17) is 5.73 Å². The summed E-state index contributed by atoms with van der Waals surface area (Å²) in [5.74, 6) is 1.77. The van der Waals surface area contributed by atoms with Gasteiger partial charge in [0.15, 0.2) is 11.6 Å². The van der Waals surface area contributed by atoms with Crippen LogP contribution in [0.2, 0.25) is 0 Å². The molecule has 30 heavy (non-hydrogen) atoms. The molecule has 3 heterocycles. The normalized spacial score (nSPS) is 10.9. The first-order valence-electron chi connectivity index (χ1n) is 9.45. The second-order valence-corrected chi connectivity index (χ2v) is 6.68. The summed E-state index contributed by atoms with van der Waals surface area (Å²) < 4.78 is 1.63. The molecule has 0 bridgehead atoms. The zero-order valence-corrected chi connectivity index (χ0v) is 16.0. The fourth-order valence-electron chi connectivity index (χ4n) is 3.33. The molecule has 146 valence electrons. The van der Waals surface area contributed by atoms with Gasteiger partial charge < -0.3 is 10.6 Å². The predicted molar refractivity (Wildman–Crippen MR) is 115 cm³/mol. The SMILES string of the molecule is Nc1c(N(Cc2ccccc2)c2ccccn2)ncnc1-n1nnc2ccccc21. The summed E-state index contributed by atoms with van der Waals surface area (Å²) in [7, 11) is 0. The largest absolute Gasteiger partial charge is 0.393 e. The fraction of sp³-hybridized carbons (Fsp3) is 0.0455. The van der Waals surface area contributed by atoms with Crippen LogP contribution in [0.4, 0.5) is 17.3 Å². The van der Waals surface area contributed by atoms with Crippen molar-refractivity contribution in [1.29, 1.82) is 0 Å². The molecular formula is C22H18N8. The molecule has 0 amide bonds. The van der Waals surface area contributed by atoms with Crippen molar-refractivity contribution < 1.29 is 0 Å². The third-order valence-electron chi connectivity index (χ3n) is 4.76. The Hall–Kier alpha value is -4.33. The Kier molecular flexibility index (Phi) is 4.49. The van der Waals surface area contributed by atoms with Crippen LogP contribution in [0.25, 0.3) is 16.9 Å². The van der Waals surface area contributed by atoms with Gasteiger partial charge in [0.05, 0.1) is 12.1 Å². The van der Waals surface area contributed by atoms with Crippen LogP contribution in [-0.4, -0.2) is 29.9 Å².